The Bertz CT molecular complexity index is 1390. The summed E-state index contributed by atoms with van der Waals surface area (Å²) in [7, 11) is 0. The maximum absolute atomic E-state index is 13.2. The third kappa shape index (κ3) is 6.02. The molecule has 35 heavy (non-hydrogen) atoms. The molecule has 8 heteroatoms. The van der Waals surface area contributed by atoms with Gasteiger partial charge in [0.05, 0.1) is 16.5 Å². The summed E-state index contributed by atoms with van der Waals surface area (Å²) in [6, 6.07) is 25.0. The smallest absolute Gasteiger partial charge is 0.325 e. The van der Waals surface area contributed by atoms with E-state index in [4.69, 9.17) is 0 Å². The van der Waals surface area contributed by atoms with Crippen LogP contribution in [0.3, 0.4) is 0 Å². The molecular formula is C27H21F3N2O2S. The zero-order valence-electron chi connectivity index (χ0n) is 18.6. The molecule has 4 rings (SSSR count). The number of nitrogens with one attached hydrogen (secondary N) is 2. The summed E-state index contributed by atoms with van der Waals surface area (Å²) in [5.41, 5.74) is -0.126. The van der Waals surface area contributed by atoms with Crippen LogP contribution < -0.4 is 10.6 Å². The summed E-state index contributed by atoms with van der Waals surface area (Å²) in [4.78, 5) is 26.0. The Morgan fingerprint density at radius 3 is 2.29 bits per heavy atom. The maximum atomic E-state index is 13.2. The van der Waals surface area contributed by atoms with Gasteiger partial charge in [-0.15, -0.1) is 11.8 Å². The van der Waals surface area contributed by atoms with Crippen molar-refractivity contribution in [2.75, 3.05) is 10.6 Å². The van der Waals surface area contributed by atoms with Gasteiger partial charge in [0.2, 0.25) is 5.91 Å². The van der Waals surface area contributed by atoms with E-state index in [0.29, 0.717) is 16.1 Å². The number of para-hydroxylation sites is 1. The molecule has 4 aromatic rings. The number of amides is 2. The highest BCUT2D eigenvalue weighted by molar-refractivity contribution is 8.00. The van der Waals surface area contributed by atoms with E-state index >= 15 is 0 Å². The third-order valence-electron chi connectivity index (χ3n) is 5.28. The van der Waals surface area contributed by atoms with Gasteiger partial charge in [0, 0.05) is 16.1 Å². The average molecular weight is 495 g/mol. The summed E-state index contributed by atoms with van der Waals surface area (Å²) >= 11 is 1.18. The number of rotatable bonds is 6. The third-order valence-corrected chi connectivity index (χ3v) is 6.37. The lowest BCUT2D eigenvalue weighted by molar-refractivity contribution is -0.137. The number of fused-ring (bicyclic) bond motifs is 1. The predicted molar refractivity (Wildman–Crippen MR) is 134 cm³/mol. The van der Waals surface area contributed by atoms with Crippen LogP contribution in [0.25, 0.3) is 10.8 Å². The van der Waals surface area contributed by atoms with Crippen LogP contribution >= 0.6 is 11.8 Å². The first-order chi connectivity index (χ1) is 16.7. The number of benzene rings is 4. The van der Waals surface area contributed by atoms with Gasteiger partial charge in [0.1, 0.15) is 0 Å². The second-order valence-corrected chi connectivity index (χ2v) is 9.25. The highest BCUT2D eigenvalue weighted by Crippen LogP contribution is 2.35. The molecule has 178 valence electrons. The number of hydrogen-bond donors (Lipinski definition) is 2. The number of alkyl halides is 3. The average Bonchev–Trinajstić information content (AvgIpc) is 2.83. The van der Waals surface area contributed by atoms with E-state index in [1.807, 2.05) is 36.4 Å². The highest BCUT2D eigenvalue weighted by Gasteiger charge is 2.33. The quantitative estimate of drug-likeness (QED) is 0.278. The SMILES string of the molecule is CC(Sc1cccc(NC(=O)c2ccc3ccccc3c2)c1)C(=O)Nc1ccccc1C(F)(F)F. The van der Waals surface area contributed by atoms with Crippen molar-refractivity contribution in [3.8, 4) is 0 Å². The first-order valence-electron chi connectivity index (χ1n) is 10.7. The minimum Gasteiger partial charge on any atom is -0.325 e. The van der Waals surface area contributed by atoms with E-state index in [2.05, 4.69) is 10.6 Å². The molecular weight excluding hydrogens is 473 g/mol. The Morgan fingerprint density at radius 1 is 0.800 bits per heavy atom. The molecule has 2 amide bonds. The number of halogens is 3. The maximum Gasteiger partial charge on any atom is 0.418 e. The summed E-state index contributed by atoms with van der Waals surface area (Å²) in [6.45, 7) is 1.61. The molecule has 0 aliphatic heterocycles. The van der Waals surface area contributed by atoms with Gasteiger partial charge in [-0.2, -0.15) is 13.2 Å². The molecule has 1 atom stereocenters. The van der Waals surface area contributed by atoms with Gasteiger partial charge in [0.15, 0.2) is 0 Å². The molecule has 2 N–H and O–H groups in total. The summed E-state index contributed by atoms with van der Waals surface area (Å²) < 4.78 is 39.6. The zero-order valence-corrected chi connectivity index (χ0v) is 19.4. The van der Waals surface area contributed by atoms with Crippen LogP contribution in [0.4, 0.5) is 24.5 Å². The molecule has 0 spiro atoms. The van der Waals surface area contributed by atoms with Crippen LogP contribution in [0, 0.1) is 0 Å². The Balaban J connectivity index is 1.42. The van der Waals surface area contributed by atoms with E-state index in [1.54, 1.807) is 37.3 Å². The number of anilines is 2. The number of thioether (sulfide) groups is 1. The molecule has 0 radical (unpaired) electrons. The highest BCUT2D eigenvalue weighted by atomic mass is 32.2. The minimum atomic E-state index is -4.57. The van der Waals surface area contributed by atoms with E-state index in [-0.39, 0.29) is 11.6 Å². The van der Waals surface area contributed by atoms with Crippen molar-refractivity contribution in [3.05, 3.63) is 102 Å². The van der Waals surface area contributed by atoms with E-state index < -0.39 is 22.9 Å². The molecule has 0 saturated heterocycles. The van der Waals surface area contributed by atoms with Crippen molar-refractivity contribution in [2.45, 2.75) is 23.2 Å². The molecule has 0 aliphatic carbocycles. The fraction of sp³-hybridized carbons (Fsp3) is 0.111. The van der Waals surface area contributed by atoms with Gasteiger partial charge in [0.25, 0.3) is 5.91 Å². The van der Waals surface area contributed by atoms with Crippen molar-refractivity contribution in [1.82, 2.24) is 0 Å². The fourth-order valence-electron chi connectivity index (χ4n) is 3.51. The second-order valence-electron chi connectivity index (χ2n) is 7.84. The molecule has 0 aliphatic rings. The van der Waals surface area contributed by atoms with Gasteiger partial charge in [-0.1, -0.05) is 48.5 Å². The Labute approximate surface area is 204 Å². The van der Waals surface area contributed by atoms with Gasteiger partial charge >= 0.3 is 6.18 Å². The van der Waals surface area contributed by atoms with Crippen molar-refractivity contribution >= 4 is 45.7 Å². The number of hydrogen-bond acceptors (Lipinski definition) is 3. The predicted octanol–water partition coefficient (Wildman–Crippen LogP) is 7.23. The van der Waals surface area contributed by atoms with Crippen LogP contribution in [-0.4, -0.2) is 17.1 Å². The standard InChI is InChI=1S/C27H21F3N2O2S/c1-17(25(33)32-24-12-5-4-11-23(24)27(28,29)30)35-22-10-6-9-21(16-22)31-26(34)20-14-13-18-7-2-3-8-19(18)15-20/h2-17H,1H3,(H,31,34)(H,32,33). The van der Waals surface area contributed by atoms with E-state index in [0.717, 1.165) is 16.8 Å². The fourth-order valence-corrected chi connectivity index (χ4v) is 4.44. The van der Waals surface area contributed by atoms with E-state index in [1.165, 1.54) is 30.0 Å². The van der Waals surface area contributed by atoms with Gasteiger partial charge in [-0.25, -0.2) is 0 Å². The van der Waals surface area contributed by atoms with Crippen molar-refractivity contribution < 1.29 is 22.8 Å². The van der Waals surface area contributed by atoms with Crippen LogP contribution in [0.2, 0.25) is 0 Å². The molecule has 1 unspecified atom stereocenters. The van der Waals surface area contributed by atoms with Crippen LogP contribution in [0.5, 0.6) is 0 Å². The lowest BCUT2D eigenvalue weighted by Crippen LogP contribution is -2.24. The molecule has 4 nitrogen and oxygen atoms in total. The second kappa shape index (κ2) is 10.2. The lowest BCUT2D eigenvalue weighted by atomic mass is 10.1. The van der Waals surface area contributed by atoms with Crippen molar-refractivity contribution in [2.24, 2.45) is 0 Å². The first-order valence-corrected chi connectivity index (χ1v) is 11.6. The zero-order chi connectivity index (χ0) is 25.0. The summed E-state index contributed by atoms with van der Waals surface area (Å²) in [5.74, 6) is -0.829. The van der Waals surface area contributed by atoms with Crippen molar-refractivity contribution in [1.29, 1.82) is 0 Å². The Morgan fingerprint density at radius 2 is 1.51 bits per heavy atom. The normalized spacial score (nSPS) is 12.2. The Hall–Kier alpha value is -3.78. The minimum absolute atomic E-state index is 0.271. The van der Waals surface area contributed by atoms with Gasteiger partial charge < -0.3 is 10.6 Å². The Kier molecular flexibility index (Phi) is 7.12. The van der Waals surface area contributed by atoms with Crippen LogP contribution in [0.1, 0.15) is 22.8 Å². The monoisotopic (exact) mass is 494 g/mol. The molecule has 0 saturated carbocycles. The summed E-state index contributed by atoms with van der Waals surface area (Å²) in [6.07, 6.45) is -4.57. The lowest BCUT2D eigenvalue weighted by Gasteiger charge is -2.16. The van der Waals surface area contributed by atoms with Crippen LogP contribution in [0.15, 0.2) is 95.9 Å². The van der Waals surface area contributed by atoms with Gasteiger partial charge in [-0.3, -0.25) is 9.59 Å². The molecule has 4 aromatic carbocycles. The topological polar surface area (TPSA) is 58.2 Å². The van der Waals surface area contributed by atoms with Gasteiger partial charge in [-0.05, 0) is 60.2 Å². The molecule has 0 bridgehead atoms. The van der Waals surface area contributed by atoms with Crippen LogP contribution in [-0.2, 0) is 11.0 Å². The molecule has 0 aromatic heterocycles. The van der Waals surface area contributed by atoms with E-state index in [9.17, 15) is 22.8 Å². The molecule has 0 heterocycles. The first kappa shape index (κ1) is 24.3. The summed E-state index contributed by atoms with van der Waals surface area (Å²) in [5, 5.41) is 6.53. The van der Waals surface area contributed by atoms with Crippen molar-refractivity contribution in [3.63, 3.8) is 0 Å². The molecule has 0 fully saturated rings. The largest absolute Gasteiger partial charge is 0.418 e. The number of carbonyl (C=O) groups is 2. The number of carbonyl (C=O) groups excluding carboxylic acids is 2.